The third-order valence-electron chi connectivity index (χ3n) is 4.18. The number of carbonyl (C=O) groups excluding carboxylic acids is 1. The van der Waals surface area contributed by atoms with Crippen molar-refractivity contribution in [1.82, 2.24) is 9.80 Å². The van der Waals surface area contributed by atoms with E-state index < -0.39 is 5.60 Å². The van der Waals surface area contributed by atoms with Gasteiger partial charge in [0.05, 0.1) is 20.3 Å². The molecule has 0 aliphatic carbocycles. The quantitative estimate of drug-likeness (QED) is 0.562. The lowest BCUT2D eigenvalue weighted by atomic mass is 10.2. The molecule has 7 nitrogen and oxygen atoms in total. The molecule has 1 heterocycles. The van der Waals surface area contributed by atoms with Gasteiger partial charge in [0.15, 0.2) is 11.4 Å². The maximum Gasteiger partial charge on any atom is 0.410 e. The fourth-order valence-corrected chi connectivity index (χ4v) is 2.80. The topological polar surface area (TPSA) is 55.6 Å². The van der Waals surface area contributed by atoms with Crippen molar-refractivity contribution in [2.24, 2.45) is 0 Å². The van der Waals surface area contributed by atoms with Gasteiger partial charge in [0.25, 0.3) is 0 Å². The number of methoxy groups -OCH3 is 1. The van der Waals surface area contributed by atoms with Crippen LogP contribution < -0.4 is 9.47 Å². The number of carbonyl (C=O) groups is 1. The van der Waals surface area contributed by atoms with E-state index in [0.717, 1.165) is 26.1 Å². The zero-order valence-corrected chi connectivity index (χ0v) is 16.7. The van der Waals surface area contributed by atoms with E-state index in [9.17, 15) is 4.79 Å². The van der Waals surface area contributed by atoms with Gasteiger partial charge in [-0.05, 0) is 39.3 Å². The molecule has 0 atom stereocenters. The molecule has 1 aliphatic heterocycles. The third kappa shape index (κ3) is 6.65. The van der Waals surface area contributed by atoms with Gasteiger partial charge in [-0.15, -0.1) is 0 Å². The Morgan fingerprint density at radius 2 is 1.89 bits per heavy atom. The Morgan fingerprint density at radius 3 is 2.48 bits per heavy atom. The van der Waals surface area contributed by atoms with Gasteiger partial charge in [-0.3, -0.25) is 4.90 Å². The monoisotopic (exact) mass is 375 g/mol. The minimum absolute atomic E-state index is 0.236. The number of nitrogens with zero attached hydrogens (tertiary/aromatic N) is 3. The van der Waals surface area contributed by atoms with Crippen molar-refractivity contribution in [3.05, 3.63) is 29.6 Å². The number of hydrogen-bond acceptors (Lipinski definition) is 5. The molecule has 27 heavy (non-hydrogen) atoms. The van der Waals surface area contributed by atoms with E-state index in [-0.39, 0.29) is 6.09 Å². The Morgan fingerprint density at radius 1 is 1.19 bits per heavy atom. The van der Waals surface area contributed by atoms with E-state index in [0.29, 0.717) is 36.9 Å². The van der Waals surface area contributed by atoms with E-state index in [2.05, 4.69) is 9.74 Å². The molecule has 0 radical (unpaired) electrons. The van der Waals surface area contributed by atoms with Crippen LogP contribution in [0.1, 0.15) is 27.2 Å². The lowest BCUT2D eigenvalue weighted by molar-refractivity contribution is 0.0142. The van der Waals surface area contributed by atoms with E-state index >= 15 is 0 Å². The summed E-state index contributed by atoms with van der Waals surface area (Å²) < 4.78 is 16.5. The summed E-state index contributed by atoms with van der Waals surface area (Å²) >= 11 is 0. The van der Waals surface area contributed by atoms with Crippen LogP contribution in [0.4, 0.5) is 10.5 Å². The number of rotatable bonds is 6. The molecule has 1 amide bonds. The largest absolute Gasteiger partial charge is 0.494 e. The Kier molecular flexibility index (Phi) is 7.31. The predicted octanol–water partition coefficient (Wildman–Crippen LogP) is 3.57. The Labute approximate surface area is 161 Å². The maximum absolute atomic E-state index is 12.1. The number of piperazine rings is 1. The van der Waals surface area contributed by atoms with Crippen LogP contribution in [0.25, 0.3) is 4.85 Å². The average molecular weight is 375 g/mol. The van der Waals surface area contributed by atoms with Gasteiger partial charge in [0, 0.05) is 32.7 Å². The molecule has 1 fully saturated rings. The van der Waals surface area contributed by atoms with Gasteiger partial charge < -0.3 is 19.1 Å². The van der Waals surface area contributed by atoms with Crippen LogP contribution in [-0.4, -0.2) is 67.9 Å². The molecule has 0 aromatic heterocycles. The van der Waals surface area contributed by atoms with Crippen LogP contribution in [0.3, 0.4) is 0 Å². The van der Waals surface area contributed by atoms with Crippen LogP contribution in [0.2, 0.25) is 0 Å². The van der Waals surface area contributed by atoms with E-state index in [1.54, 1.807) is 30.2 Å². The molecule has 0 bridgehead atoms. The second kappa shape index (κ2) is 9.47. The van der Waals surface area contributed by atoms with Crippen molar-refractivity contribution in [2.75, 3.05) is 46.4 Å². The second-order valence-corrected chi connectivity index (χ2v) is 7.46. The summed E-state index contributed by atoms with van der Waals surface area (Å²) in [6.07, 6.45) is 0.639. The fourth-order valence-electron chi connectivity index (χ4n) is 2.80. The Bertz CT molecular complexity index is 671. The van der Waals surface area contributed by atoms with Crippen molar-refractivity contribution < 1.29 is 19.0 Å². The highest BCUT2D eigenvalue weighted by Gasteiger charge is 2.25. The molecule has 0 N–H and O–H groups in total. The van der Waals surface area contributed by atoms with Crippen LogP contribution in [0, 0.1) is 6.57 Å². The highest BCUT2D eigenvalue weighted by Crippen LogP contribution is 2.31. The molecule has 1 aliphatic rings. The highest BCUT2D eigenvalue weighted by atomic mass is 16.6. The second-order valence-electron chi connectivity index (χ2n) is 7.46. The summed E-state index contributed by atoms with van der Waals surface area (Å²) in [5.74, 6) is 1.23. The number of amides is 1. The first kappa shape index (κ1) is 20.8. The maximum atomic E-state index is 12.1. The highest BCUT2D eigenvalue weighted by molar-refractivity contribution is 5.68. The summed E-state index contributed by atoms with van der Waals surface area (Å²) in [5, 5.41) is 0. The predicted molar refractivity (Wildman–Crippen MR) is 104 cm³/mol. The van der Waals surface area contributed by atoms with Gasteiger partial charge in [-0.1, -0.05) is 6.07 Å². The molecule has 148 valence electrons. The smallest absolute Gasteiger partial charge is 0.410 e. The molecule has 1 aromatic rings. The van der Waals surface area contributed by atoms with Crippen LogP contribution in [0.5, 0.6) is 11.5 Å². The minimum Gasteiger partial charge on any atom is -0.494 e. The van der Waals surface area contributed by atoms with Gasteiger partial charge in [-0.2, -0.15) is 0 Å². The van der Waals surface area contributed by atoms with Gasteiger partial charge in [-0.25, -0.2) is 9.64 Å². The molecule has 7 heteroatoms. The number of hydrogen-bond donors (Lipinski definition) is 0. The van der Waals surface area contributed by atoms with Crippen LogP contribution >= 0.6 is 0 Å². The van der Waals surface area contributed by atoms with Gasteiger partial charge in [0.1, 0.15) is 11.4 Å². The zero-order chi connectivity index (χ0) is 19.9. The van der Waals surface area contributed by atoms with Gasteiger partial charge >= 0.3 is 6.09 Å². The third-order valence-corrected chi connectivity index (χ3v) is 4.18. The van der Waals surface area contributed by atoms with Crippen LogP contribution in [-0.2, 0) is 4.74 Å². The standard InChI is InChI=1S/C20H29N3O4/c1-20(2,3)27-19(24)23-12-10-22(11-13-23)9-6-14-26-17-8-7-16(21-4)15-18(17)25-5/h7-8,15H,6,9-14H2,1-3,5H3. The lowest BCUT2D eigenvalue weighted by Crippen LogP contribution is -2.50. The Balaban J connectivity index is 1.69. The summed E-state index contributed by atoms with van der Waals surface area (Å²) in [6.45, 7) is 17.2. The summed E-state index contributed by atoms with van der Waals surface area (Å²) in [7, 11) is 1.57. The number of ether oxygens (including phenoxy) is 3. The number of benzene rings is 1. The first-order valence-corrected chi connectivity index (χ1v) is 9.21. The summed E-state index contributed by atoms with van der Waals surface area (Å²) in [6, 6.07) is 5.17. The molecule has 1 saturated heterocycles. The first-order valence-electron chi connectivity index (χ1n) is 9.21. The Hall–Kier alpha value is -2.46. The average Bonchev–Trinajstić information content (AvgIpc) is 2.64. The SMILES string of the molecule is [C-]#[N+]c1ccc(OCCCN2CCN(C(=O)OC(C)(C)C)CC2)c(OC)c1. The molecule has 0 saturated carbocycles. The molecule has 1 aromatic carbocycles. The minimum atomic E-state index is -0.459. The zero-order valence-electron chi connectivity index (χ0n) is 16.7. The van der Waals surface area contributed by atoms with Crippen molar-refractivity contribution in [3.63, 3.8) is 0 Å². The van der Waals surface area contributed by atoms with Crippen molar-refractivity contribution in [1.29, 1.82) is 0 Å². The molecule has 2 rings (SSSR count). The summed E-state index contributed by atoms with van der Waals surface area (Å²) in [4.78, 5) is 19.6. The molecule has 0 spiro atoms. The van der Waals surface area contributed by atoms with Crippen molar-refractivity contribution >= 4 is 11.8 Å². The molecular formula is C20H29N3O4. The fraction of sp³-hybridized carbons (Fsp3) is 0.600. The van der Waals surface area contributed by atoms with Crippen molar-refractivity contribution in [2.45, 2.75) is 32.8 Å². The summed E-state index contributed by atoms with van der Waals surface area (Å²) in [5.41, 5.74) is 0.0709. The van der Waals surface area contributed by atoms with E-state index in [4.69, 9.17) is 20.8 Å². The first-order chi connectivity index (χ1) is 12.8. The molecular weight excluding hydrogens is 346 g/mol. The van der Waals surface area contributed by atoms with E-state index in [1.807, 2.05) is 20.8 Å². The van der Waals surface area contributed by atoms with E-state index in [1.165, 1.54) is 0 Å². The normalized spacial score (nSPS) is 15.1. The van der Waals surface area contributed by atoms with Crippen molar-refractivity contribution in [3.8, 4) is 11.5 Å². The lowest BCUT2D eigenvalue weighted by Gasteiger charge is -2.35. The molecule has 0 unspecified atom stereocenters. The van der Waals surface area contributed by atoms with Crippen LogP contribution in [0.15, 0.2) is 18.2 Å². The van der Waals surface area contributed by atoms with Gasteiger partial charge in [0.2, 0.25) is 0 Å².